The van der Waals surface area contributed by atoms with Crippen LogP contribution in [0.2, 0.25) is 0 Å². The van der Waals surface area contributed by atoms with Crippen LogP contribution in [0, 0.1) is 5.92 Å². The molecule has 2 heterocycles. The van der Waals surface area contributed by atoms with Crippen molar-refractivity contribution in [3.8, 4) is 0 Å². The van der Waals surface area contributed by atoms with Crippen LogP contribution >= 0.6 is 0 Å². The van der Waals surface area contributed by atoms with Crippen molar-refractivity contribution in [2.75, 3.05) is 26.2 Å². The molecule has 1 aromatic heterocycles. The molecule has 7 heteroatoms. The number of ether oxygens (including phenoxy) is 1. The van der Waals surface area contributed by atoms with Gasteiger partial charge in [-0.25, -0.2) is 0 Å². The van der Waals surface area contributed by atoms with Gasteiger partial charge in [0.2, 0.25) is 0 Å². The number of aliphatic imine (C=N–C) groups is 1. The highest BCUT2D eigenvalue weighted by molar-refractivity contribution is 5.79. The summed E-state index contributed by atoms with van der Waals surface area (Å²) in [7, 11) is 0. The van der Waals surface area contributed by atoms with Gasteiger partial charge >= 0.3 is 0 Å². The minimum atomic E-state index is 0.385. The molecule has 1 atom stereocenters. The van der Waals surface area contributed by atoms with Crippen LogP contribution in [-0.4, -0.2) is 53.1 Å². The molecule has 1 saturated carbocycles. The molecule has 1 unspecified atom stereocenters. The minimum absolute atomic E-state index is 0.385. The fourth-order valence-corrected chi connectivity index (χ4v) is 4.83. The monoisotopic (exact) mass is 418 g/mol. The topological polar surface area (TPSA) is 76.4 Å². The molecule has 3 rings (SSSR count). The van der Waals surface area contributed by atoms with Crippen molar-refractivity contribution in [3.05, 3.63) is 11.6 Å². The highest BCUT2D eigenvalue weighted by Crippen LogP contribution is 2.30. The van der Waals surface area contributed by atoms with Crippen molar-refractivity contribution in [2.24, 2.45) is 10.9 Å². The number of hydrogen-bond donors (Lipinski definition) is 2. The Morgan fingerprint density at radius 3 is 2.80 bits per heavy atom. The van der Waals surface area contributed by atoms with Gasteiger partial charge in [-0.15, -0.1) is 10.2 Å². The standard InChI is InChI=1S/C23H42N6O/c1-3-24-23(26-17-15-20(30-4-2)19-11-7-8-12-19)25-16-10-14-22-28-27-21-13-6-5-9-18-29(21)22/h19-20H,3-18H2,1-2H3,(H2,24,25,26). The number of nitrogens with one attached hydrogen (secondary N) is 2. The molecule has 0 spiro atoms. The molecule has 1 aromatic rings. The number of fused-ring (bicyclic) bond motifs is 1. The number of aryl methyl sites for hydroxylation is 2. The van der Waals surface area contributed by atoms with Gasteiger partial charge in [0.25, 0.3) is 0 Å². The van der Waals surface area contributed by atoms with E-state index in [2.05, 4.69) is 39.2 Å². The Morgan fingerprint density at radius 1 is 1.13 bits per heavy atom. The van der Waals surface area contributed by atoms with E-state index in [4.69, 9.17) is 9.73 Å². The summed E-state index contributed by atoms with van der Waals surface area (Å²) in [5, 5.41) is 15.7. The second kappa shape index (κ2) is 12.9. The third kappa shape index (κ3) is 6.96. The Hall–Kier alpha value is -1.63. The third-order valence-corrected chi connectivity index (χ3v) is 6.39. The van der Waals surface area contributed by atoms with Crippen molar-refractivity contribution in [1.29, 1.82) is 0 Å². The lowest BCUT2D eigenvalue weighted by molar-refractivity contribution is 0.0169. The maximum atomic E-state index is 6.05. The Labute approximate surface area is 182 Å². The number of aromatic nitrogens is 3. The number of hydrogen-bond acceptors (Lipinski definition) is 4. The molecule has 0 aromatic carbocycles. The van der Waals surface area contributed by atoms with Crippen LogP contribution in [-0.2, 0) is 24.1 Å². The van der Waals surface area contributed by atoms with E-state index in [-0.39, 0.29) is 0 Å². The largest absolute Gasteiger partial charge is 0.378 e. The van der Waals surface area contributed by atoms with Crippen LogP contribution in [0.25, 0.3) is 0 Å². The Kier molecular flexibility index (Phi) is 9.93. The van der Waals surface area contributed by atoms with Crippen molar-refractivity contribution < 1.29 is 4.74 Å². The van der Waals surface area contributed by atoms with E-state index in [1.165, 1.54) is 50.8 Å². The Balaban J connectivity index is 1.42. The number of rotatable bonds is 11. The van der Waals surface area contributed by atoms with Crippen LogP contribution < -0.4 is 10.6 Å². The first kappa shape index (κ1) is 23.0. The lowest BCUT2D eigenvalue weighted by Crippen LogP contribution is -2.39. The van der Waals surface area contributed by atoms with E-state index in [0.717, 1.165) is 76.2 Å². The average Bonchev–Trinajstić information content (AvgIpc) is 3.35. The van der Waals surface area contributed by atoms with Crippen LogP contribution in [0.5, 0.6) is 0 Å². The molecule has 0 bridgehead atoms. The predicted octanol–water partition coefficient (Wildman–Crippen LogP) is 3.48. The second-order valence-corrected chi connectivity index (χ2v) is 8.61. The van der Waals surface area contributed by atoms with Gasteiger partial charge in [-0.1, -0.05) is 19.3 Å². The van der Waals surface area contributed by atoms with Gasteiger partial charge in [0.1, 0.15) is 11.6 Å². The summed E-state index contributed by atoms with van der Waals surface area (Å²) in [5.74, 6) is 3.96. The number of nitrogens with zero attached hydrogens (tertiary/aromatic N) is 4. The van der Waals surface area contributed by atoms with E-state index >= 15 is 0 Å². The lowest BCUT2D eigenvalue weighted by atomic mass is 9.98. The van der Waals surface area contributed by atoms with Crippen LogP contribution in [0.1, 0.15) is 83.3 Å². The smallest absolute Gasteiger partial charge is 0.191 e. The first-order valence-corrected chi connectivity index (χ1v) is 12.4. The number of guanidine groups is 1. The zero-order valence-corrected chi connectivity index (χ0v) is 19.2. The highest BCUT2D eigenvalue weighted by Gasteiger charge is 2.25. The minimum Gasteiger partial charge on any atom is -0.378 e. The molecule has 0 saturated heterocycles. The van der Waals surface area contributed by atoms with Gasteiger partial charge in [-0.2, -0.15) is 0 Å². The van der Waals surface area contributed by atoms with Gasteiger partial charge in [0, 0.05) is 45.6 Å². The highest BCUT2D eigenvalue weighted by atomic mass is 16.5. The van der Waals surface area contributed by atoms with Crippen LogP contribution in [0.15, 0.2) is 4.99 Å². The first-order chi connectivity index (χ1) is 14.8. The van der Waals surface area contributed by atoms with Crippen molar-refractivity contribution in [2.45, 2.75) is 97.1 Å². The summed E-state index contributed by atoms with van der Waals surface area (Å²) in [5.41, 5.74) is 0. The maximum absolute atomic E-state index is 6.05. The van der Waals surface area contributed by atoms with E-state index in [0.29, 0.717) is 6.10 Å². The molecule has 1 aliphatic heterocycles. The van der Waals surface area contributed by atoms with E-state index in [1.807, 2.05) is 0 Å². The SMILES string of the molecule is CCNC(=NCCCc1nnc2n1CCCCC2)NCCC(OCC)C1CCCC1. The fraction of sp³-hybridized carbons (Fsp3) is 0.870. The summed E-state index contributed by atoms with van der Waals surface area (Å²) < 4.78 is 8.39. The van der Waals surface area contributed by atoms with Crippen molar-refractivity contribution in [1.82, 2.24) is 25.4 Å². The van der Waals surface area contributed by atoms with E-state index in [9.17, 15) is 0 Å². The summed E-state index contributed by atoms with van der Waals surface area (Å²) in [6.07, 6.45) is 13.6. The quantitative estimate of drug-likeness (QED) is 0.327. The van der Waals surface area contributed by atoms with Gasteiger partial charge < -0.3 is 19.9 Å². The second-order valence-electron chi connectivity index (χ2n) is 8.61. The molecule has 1 aliphatic carbocycles. The van der Waals surface area contributed by atoms with Gasteiger partial charge in [0.05, 0.1) is 6.10 Å². The van der Waals surface area contributed by atoms with Crippen LogP contribution in [0.4, 0.5) is 0 Å². The van der Waals surface area contributed by atoms with Crippen molar-refractivity contribution >= 4 is 5.96 Å². The van der Waals surface area contributed by atoms with E-state index < -0.39 is 0 Å². The molecule has 7 nitrogen and oxygen atoms in total. The molecule has 30 heavy (non-hydrogen) atoms. The molecule has 170 valence electrons. The molecule has 0 amide bonds. The van der Waals surface area contributed by atoms with E-state index in [1.54, 1.807) is 0 Å². The molecule has 2 N–H and O–H groups in total. The van der Waals surface area contributed by atoms with Gasteiger partial charge in [-0.05, 0) is 58.3 Å². The van der Waals surface area contributed by atoms with Gasteiger partial charge in [-0.3, -0.25) is 4.99 Å². The summed E-state index contributed by atoms with van der Waals surface area (Å²) in [4.78, 5) is 4.78. The Bertz CT molecular complexity index is 638. The zero-order valence-electron chi connectivity index (χ0n) is 19.2. The summed E-state index contributed by atoms with van der Waals surface area (Å²) in [6, 6.07) is 0. The Morgan fingerprint density at radius 2 is 2.00 bits per heavy atom. The lowest BCUT2D eigenvalue weighted by Gasteiger charge is -2.24. The van der Waals surface area contributed by atoms with Crippen molar-refractivity contribution in [3.63, 3.8) is 0 Å². The normalized spacial score (nSPS) is 18.8. The molecule has 1 fully saturated rings. The summed E-state index contributed by atoms with van der Waals surface area (Å²) >= 11 is 0. The molecule has 2 aliphatic rings. The van der Waals surface area contributed by atoms with Gasteiger partial charge in [0.15, 0.2) is 5.96 Å². The zero-order chi connectivity index (χ0) is 21.0. The predicted molar refractivity (Wildman–Crippen MR) is 122 cm³/mol. The van der Waals surface area contributed by atoms with Crippen LogP contribution in [0.3, 0.4) is 0 Å². The maximum Gasteiger partial charge on any atom is 0.191 e. The fourth-order valence-electron chi connectivity index (χ4n) is 4.83. The third-order valence-electron chi connectivity index (χ3n) is 6.39. The molecular weight excluding hydrogens is 376 g/mol. The average molecular weight is 419 g/mol. The molecular formula is C23H42N6O. The molecule has 0 radical (unpaired) electrons. The summed E-state index contributed by atoms with van der Waals surface area (Å²) in [6.45, 7) is 8.69. The first-order valence-electron chi connectivity index (χ1n) is 12.4.